The van der Waals surface area contributed by atoms with Gasteiger partial charge in [0.2, 0.25) is 0 Å². The topological polar surface area (TPSA) is 56.0 Å². The normalized spacial score (nSPS) is 10.6. The summed E-state index contributed by atoms with van der Waals surface area (Å²) in [4.78, 5) is 24.0. The van der Waals surface area contributed by atoms with Crippen molar-refractivity contribution >= 4 is 17.3 Å². The van der Waals surface area contributed by atoms with Crippen molar-refractivity contribution in [1.29, 1.82) is 0 Å². The lowest BCUT2D eigenvalue weighted by Gasteiger charge is -2.11. The van der Waals surface area contributed by atoms with Crippen molar-refractivity contribution in [1.82, 2.24) is 9.13 Å². The maximum atomic E-state index is 12.2. The Balaban J connectivity index is 2.10. The Labute approximate surface area is 127 Å². The molecule has 0 radical (unpaired) electrons. The summed E-state index contributed by atoms with van der Waals surface area (Å²) in [5, 5.41) is 3.74. The van der Waals surface area contributed by atoms with Gasteiger partial charge >= 0.3 is 5.69 Å². The first-order valence-electron chi connectivity index (χ1n) is 6.92. The molecule has 0 amide bonds. The van der Waals surface area contributed by atoms with Gasteiger partial charge in [-0.2, -0.15) is 0 Å². The number of aryl methyl sites for hydroxylation is 1. The van der Waals surface area contributed by atoms with Crippen LogP contribution in [0.5, 0.6) is 0 Å². The van der Waals surface area contributed by atoms with E-state index in [0.29, 0.717) is 24.7 Å². The largest absolute Gasteiger partial charge is 0.382 e. The summed E-state index contributed by atoms with van der Waals surface area (Å²) < 4.78 is 2.79. The van der Waals surface area contributed by atoms with Crippen molar-refractivity contribution < 1.29 is 0 Å². The van der Waals surface area contributed by atoms with E-state index in [0.717, 1.165) is 12.1 Å². The molecule has 0 saturated heterocycles. The van der Waals surface area contributed by atoms with Gasteiger partial charge in [-0.15, -0.1) is 0 Å². The van der Waals surface area contributed by atoms with E-state index in [4.69, 9.17) is 11.6 Å². The van der Waals surface area contributed by atoms with Crippen LogP contribution in [0.2, 0.25) is 5.02 Å². The number of anilines is 1. The fourth-order valence-electron chi connectivity index (χ4n) is 2.08. The predicted octanol–water partition coefficient (Wildman–Crippen LogP) is 2.19. The summed E-state index contributed by atoms with van der Waals surface area (Å²) in [5.74, 6) is 0. The van der Waals surface area contributed by atoms with E-state index in [9.17, 15) is 9.59 Å². The van der Waals surface area contributed by atoms with E-state index in [1.165, 1.54) is 10.6 Å². The molecule has 5 nitrogen and oxygen atoms in total. The lowest BCUT2D eigenvalue weighted by Crippen LogP contribution is -2.40. The molecule has 0 fully saturated rings. The number of nitrogens with zero attached hydrogens (tertiary/aromatic N) is 2. The Morgan fingerprint density at radius 1 is 1.14 bits per heavy atom. The van der Waals surface area contributed by atoms with Crippen molar-refractivity contribution in [2.45, 2.75) is 26.4 Å². The average molecular weight is 308 g/mol. The lowest BCUT2D eigenvalue weighted by atomic mass is 10.3. The number of hydrogen-bond acceptors (Lipinski definition) is 3. The van der Waals surface area contributed by atoms with E-state index in [1.54, 1.807) is 16.8 Å². The van der Waals surface area contributed by atoms with Crippen LogP contribution < -0.4 is 16.6 Å². The van der Waals surface area contributed by atoms with Crippen molar-refractivity contribution in [2.24, 2.45) is 0 Å². The van der Waals surface area contributed by atoms with Gasteiger partial charge < -0.3 is 9.88 Å². The zero-order valence-corrected chi connectivity index (χ0v) is 12.6. The summed E-state index contributed by atoms with van der Waals surface area (Å²) in [6.45, 7) is 3.35. The number of benzene rings is 1. The van der Waals surface area contributed by atoms with Gasteiger partial charge in [0.25, 0.3) is 5.56 Å². The van der Waals surface area contributed by atoms with E-state index in [1.807, 2.05) is 25.1 Å². The second kappa shape index (κ2) is 7.13. The molecule has 0 aliphatic carbocycles. The standard InChI is InChI=1S/C15H18ClN3O2/c1-2-9-18-10-7-14(20)19(15(18)21)11-8-17-13-6-4-3-5-12(13)16/h3-7,10,17H,2,8-9,11H2,1H3. The first-order chi connectivity index (χ1) is 10.1. The van der Waals surface area contributed by atoms with E-state index < -0.39 is 0 Å². The van der Waals surface area contributed by atoms with Gasteiger partial charge in [-0.3, -0.25) is 9.36 Å². The van der Waals surface area contributed by atoms with Gasteiger partial charge in [-0.1, -0.05) is 30.7 Å². The van der Waals surface area contributed by atoms with Crippen LogP contribution in [0.3, 0.4) is 0 Å². The summed E-state index contributed by atoms with van der Waals surface area (Å²) in [6.07, 6.45) is 2.39. The SMILES string of the molecule is CCCn1ccc(=O)n(CCNc2ccccc2Cl)c1=O. The molecule has 0 aliphatic heterocycles. The summed E-state index contributed by atoms with van der Waals surface area (Å²) in [7, 11) is 0. The van der Waals surface area contributed by atoms with Crippen LogP contribution >= 0.6 is 11.6 Å². The highest BCUT2D eigenvalue weighted by molar-refractivity contribution is 6.33. The molecule has 1 aromatic heterocycles. The monoisotopic (exact) mass is 307 g/mol. The number of halogens is 1. The third kappa shape index (κ3) is 3.76. The van der Waals surface area contributed by atoms with Crippen LogP contribution in [0.1, 0.15) is 13.3 Å². The van der Waals surface area contributed by atoms with E-state index in [2.05, 4.69) is 5.32 Å². The molecule has 0 bridgehead atoms. The summed E-state index contributed by atoms with van der Waals surface area (Å²) in [6, 6.07) is 8.78. The number of aromatic nitrogens is 2. The zero-order chi connectivity index (χ0) is 15.2. The van der Waals surface area contributed by atoms with Gasteiger partial charge in [0.15, 0.2) is 0 Å². The van der Waals surface area contributed by atoms with Crippen LogP contribution in [0.4, 0.5) is 5.69 Å². The minimum atomic E-state index is -0.284. The molecule has 0 aliphatic rings. The Bertz CT molecular complexity index is 721. The molecule has 0 spiro atoms. The Hall–Kier alpha value is -2.01. The summed E-state index contributed by atoms with van der Waals surface area (Å²) in [5.41, 5.74) is 0.232. The molecule has 2 rings (SSSR count). The number of hydrogen-bond donors (Lipinski definition) is 1. The van der Waals surface area contributed by atoms with Crippen molar-refractivity contribution in [3.8, 4) is 0 Å². The van der Waals surface area contributed by atoms with Crippen molar-refractivity contribution in [3.05, 3.63) is 62.4 Å². The molecule has 1 heterocycles. The third-order valence-corrected chi connectivity index (χ3v) is 3.46. The Morgan fingerprint density at radius 2 is 1.90 bits per heavy atom. The van der Waals surface area contributed by atoms with Crippen molar-refractivity contribution in [2.75, 3.05) is 11.9 Å². The van der Waals surface area contributed by atoms with Gasteiger partial charge in [-0.25, -0.2) is 4.79 Å². The number of para-hydroxylation sites is 1. The lowest BCUT2D eigenvalue weighted by molar-refractivity contribution is 0.555. The third-order valence-electron chi connectivity index (χ3n) is 3.13. The van der Waals surface area contributed by atoms with Crippen LogP contribution in [-0.4, -0.2) is 15.7 Å². The van der Waals surface area contributed by atoms with Crippen LogP contribution in [0.15, 0.2) is 46.1 Å². The molecule has 112 valence electrons. The average Bonchev–Trinajstić information content (AvgIpc) is 2.47. The molecule has 0 unspecified atom stereocenters. The van der Waals surface area contributed by atoms with E-state index in [-0.39, 0.29) is 11.2 Å². The second-order valence-corrected chi connectivity index (χ2v) is 5.10. The number of nitrogens with one attached hydrogen (secondary N) is 1. The van der Waals surface area contributed by atoms with Gasteiger partial charge in [0, 0.05) is 31.9 Å². The van der Waals surface area contributed by atoms with Crippen molar-refractivity contribution in [3.63, 3.8) is 0 Å². The smallest absolute Gasteiger partial charge is 0.331 e. The fourth-order valence-corrected chi connectivity index (χ4v) is 2.28. The highest BCUT2D eigenvalue weighted by atomic mass is 35.5. The van der Waals surface area contributed by atoms with Crippen LogP contribution in [0, 0.1) is 0 Å². The van der Waals surface area contributed by atoms with E-state index >= 15 is 0 Å². The Morgan fingerprint density at radius 3 is 2.62 bits per heavy atom. The quantitative estimate of drug-likeness (QED) is 0.890. The minimum Gasteiger partial charge on any atom is -0.382 e. The molecule has 21 heavy (non-hydrogen) atoms. The first kappa shape index (κ1) is 15.4. The zero-order valence-electron chi connectivity index (χ0n) is 11.9. The molecule has 1 aromatic carbocycles. The molecular weight excluding hydrogens is 290 g/mol. The molecular formula is C15H18ClN3O2. The molecule has 0 atom stereocenters. The number of rotatable bonds is 6. The maximum absolute atomic E-state index is 12.2. The molecule has 1 N–H and O–H groups in total. The predicted molar refractivity (Wildman–Crippen MR) is 85.2 cm³/mol. The molecule has 0 saturated carbocycles. The van der Waals surface area contributed by atoms with Gasteiger partial charge in [-0.05, 0) is 18.6 Å². The highest BCUT2D eigenvalue weighted by Crippen LogP contribution is 2.19. The van der Waals surface area contributed by atoms with Gasteiger partial charge in [0.1, 0.15) is 0 Å². The Kier molecular flexibility index (Phi) is 5.22. The highest BCUT2D eigenvalue weighted by Gasteiger charge is 2.05. The van der Waals surface area contributed by atoms with Gasteiger partial charge in [0.05, 0.1) is 10.7 Å². The minimum absolute atomic E-state index is 0.273. The summed E-state index contributed by atoms with van der Waals surface area (Å²) >= 11 is 6.04. The van der Waals surface area contributed by atoms with Crippen LogP contribution in [-0.2, 0) is 13.1 Å². The molecule has 2 aromatic rings. The second-order valence-electron chi connectivity index (χ2n) is 4.69. The maximum Gasteiger partial charge on any atom is 0.331 e. The van der Waals surface area contributed by atoms with Crippen LogP contribution in [0.25, 0.3) is 0 Å². The first-order valence-corrected chi connectivity index (χ1v) is 7.30. The molecule has 6 heteroatoms. The fraction of sp³-hybridized carbons (Fsp3) is 0.333.